The number of piperazine rings is 1. The van der Waals surface area contributed by atoms with Crippen molar-refractivity contribution in [3.8, 4) is 0 Å². The SMILES string of the molecule is CCCc1cc(C(=O)OC(C)C(=O)N2CCN(Cc3ccccc3)CC2)n[nH]1. The molecule has 0 bridgehead atoms. The van der Waals surface area contributed by atoms with Gasteiger partial charge in [-0.1, -0.05) is 43.7 Å². The fourth-order valence-corrected chi connectivity index (χ4v) is 3.36. The van der Waals surface area contributed by atoms with Gasteiger partial charge in [-0.05, 0) is 25.0 Å². The van der Waals surface area contributed by atoms with E-state index in [0.717, 1.165) is 38.2 Å². The van der Waals surface area contributed by atoms with E-state index in [1.165, 1.54) is 5.56 Å². The van der Waals surface area contributed by atoms with Gasteiger partial charge in [0.1, 0.15) is 0 Å². The maximum atomic E-state index is 12.6. The molecule has 7 heteroatoms. The first kappa shape index (κ1) is 20.1. The fourth-order valence-electron chi connectivity index (χ4n) is 3.36. The maximum absolute atomic E-state index is 12.6. The number of esters is 1. The molecular formula is C21H28N4O3. The predicted octanol–water partition coefficient (Wildman–Crippen LogP) is 2.25. The molecule has 28 heavy (non-hydrogen) atoms. The van der Waals surface area contributed by atoms with Crippen LogP contribution in [0.15, 0.2) is 36.4 Å². The Kier molecular flexibility index (Phi) is 6.81. The van der Waals surface area contributed by atoms with Crippen LogP contribution >= 0.6 is 0 Å². The Morgan fingerprint density at radius 1 is 1.18 bits per heavy atom. The summed E-state index contributed by atoms with van der Waals surface area (Å²) in [6.45, 7) is 7.44. The highest BCUT2D eigenvalue weighted by Crippen LogP contribution is 2.11. The molecule has 1 saturated heterocycles. The number of nitrogens with zero attached hydrogens (tertiary/aromatic N) is 3. The van der Waals surface area contributed by atoms with E-state index >= 15 is 0 Å². The molecular weight excluding hydrogens is 356 g/mol. The lowest BCUT2D eigenvalue weighted by Crippen LogP contribution is -2.51. The van der Waals surface area contributed by atoms with E-state index < -0.39 is 12.1 Å². The second-order valence-corrected chi connectivity index (χ2v) is 7.16. The summed E-state index contributed by atoms with van der Waals surface area (Å²) >= 11 is 0. The highest BCUT2D eigenvalue weighted by atomic mass is 16.5. The van der Waals surface area contributed by atoms with Gasteiger partial charge in [0.2, 0.25) is 0 Å². The fraction of sp³-hybridized carbons (Fsp3) is 0.476. The van der Waals surface area contributed by atoms with Crippen molar-refractivity contribution in [3.63, 3.8) is 0 Å². The molecule has 7 nitrogen and oxygen atoms in total. The number of carbonyl (C=O) groups excluding carboxylic acids is 2. The number of aromatic nitrogens is 2. The van der Waals surface area contributed by atoms with Gasteiger partial charge in [-0.25, -0.2) is 4.79 Å². The van der Waals surface area contributed by atoms with Crippen LogP contribution in [0.2, 0.25) is 0 Å². The molecule has 1 aromatic carbocycles. The van der Waals surface area contributed by atoms with Gasteiger partial charge in [-0.2, -0.15) is 5.10 Å². The first-order valence-corrected chi connectivity index (χ1v) is 9.87. The number of hydrogen-bond acceptors (Lipinski definition) is 5. The van der Waals surface area contributed by atoms with Crippen molar-refractivity contribution in [3.05, 3.63) is 53.3 Å². The number of aryl methyl sites for hydroxylation is 1. The summed E-state index contributed by atoms with van der Waals surface area (Å²) in [6.07, 6.45) is 0.962. The van der Waals surface area contributed by atoms with Gasteiger partial charge in [0, 0.05) is 38.4 Å². The van der Waals surface area contributed by atoms with Crippen molar-refractivity contribution in [1.29, 1.82) is 0 Å². The van der Waals surface area contributed by atoms with Crippen LogP contribution in [0, 0.1) is 0 Å². The van der Waals surface area contributed by atoms with Crippen LogP contribution in [0.4, 0.5) is 0 Å². The van der Waals surface area contributed by atoms with Crippen LogP contribution in [-0.4, -0.2) is 64.2 Å². The smallest absolute Gasteiger partial charge is 0.359 e. The van der Waals surface area contributed by atoms with Gasteiger partial charge >= 0.3 is 5.97 Å². The number of benzene rings is 1. The molecule has 0 aliphatic carbocycles. The third-order valence-corrected chi connectivity index (χ3v) is 4.92. The summed E-state index contributed by atoms with van der Waals surface area (Å²) in [4.78, 5) is 29.0. The zero-order chi connectivity index (χ0) is 19.9. The predicted molar refractivity (Wildman–Crippen MR) is 106 cm³/mol. The van der Waals surface area contributed by atoms with Crippen molar-refractivity contribution in [1.82, 2.24) is 20.0 Å². The zero-order valence-electron chi connectivity index (χ0n) is 16.6. The minimum Gasteiger partial charge on any atom is -0.448 e. The van der Waals surface area contributed by atoms with Gasteiger partial charge in [0.05, 0.1) is 0 Å². The topological polar surface area (TPSA) is 78.5 Å². The molecule has 150 valence electrons. The van der Waals surface area contributed by atoms with Gasteiger partial charge in [0.15, 0.2) is 11.8 Å². The normalized spacial score (nSPS) is 16.0. The highest BCUT2D eigenvalue weighted by molar-refractivity contribution is 5.90. The van der Waals surface area contributed by atoms with Crippen LogP contribution in [-0.2, 0) is 22.5 Å². The number of H-pyrrole nitrogens is 1. The number of rotatable bonds is 7. The number of ether oxygens (including phenoxy) is 1. The van der Waals surface area contributed by atoms with E-state index in [-0.39, 0.29) is 11.6 Å². The van der Waals surface area contributed by atoms with E-state index in [0.29, 0.717) is 13.1 Å². The minimum atomic E-state index is -0.820. The summed E-state index contributed by atoms with van der Waals surface area (Å²) in [5.41, 5.74) is 2.38. The van der Waals surface area contributed by atoms with Crippen LogP contribution in [0.5, 0.6) is 0 Å². The molecule has 0 spiro atoms. The maximum Gasteiger partial charge on any atom is 0.359 e. The molecule has 1 fully saturated rings. The molecule has 1 unspecified atom stereocenters. The molecule has 1 amide bonds. The Bertz CT molecular complexity index is 782. The number of carbonyl (C=O) groups is 2. The summed E-state index contributed by atoms with van der Waals surface area (Å²) in [5.74, 6) is -0.723. The van der Waals surface area contributed by atoms with E-state index in [9.17, 15) is 9.59 Å². The molecule has 1 aromatic heterocycles. The van der Waals surface area contributed by atoms with Crippen molar-refractivity contribution >= 4 is 11.9 Å². The molecule has 1 atom stereocenters. The summed E-state index contributed by atoms with van der Waals surface area (Å²) in [5, 5.41) is 6.80. The van der Waals surface area contributed by atoms with Gasteiger partial charge in [-0.15, -0.1) is 0 Å². The number of hydrogen-bond donors (Lipinski definition) is 1. The monoisotopic (exact) mass is 384 g/mol. The highest BCUT2D eigenvalue weighted by Gasteiger charge is 2.28. The van der Waals surface area contributed by atoms with E-state index in [2.05, 4.69) is 34.2 Å². The molecule has 2 aromatic rings. The lowest BCUT2D eigenvalue weighted by Gasteiger charge is -2.35. The van der Waals surface area contributed by atoms with Crippen molar-refractivity contribution in [2.24, 2.45) is 0 Å². The zero-order valence-corrected chi connectivity index (χ0v) is 16.6. The van der Waals surface area contributed by atoms with Gasteiger partial charge in [-0.3, -0.25) is 14.8 Å². The number of aromatic amines is 1. The van der Waals surface area contributed by atoms with Gasteiger partial charge < -0.3 is 9.64 Å². The Hall–Kier alpha value is -2.67. The largest absolute Gasteiger partial charge is 0.448 e. The Morgan fingerprint density at radius 3 is 2.57 bits per heavy atom. The Labute approximate surface area is 165 Å². The van der Waals surface area contributed by atoms with Gasteiger partial charge in [0.25, 0.3) is 5.91 Å². The van der Waals surface area contributed by atoms with Crippen molar-refractivity contribution in [2.75, 3.05) is 26.2 Å². The molecule has 2 heterocycles. The lowest BCUT2D eigenvalue weighted by molar-refractivity contribution is -0.141. The standard InChI is InChI=1S/C21H28N4O3/c1-3-7-18-14-19(23-22-18)21(27)28-16(2)20(26)25-12-10-24(11-13-25)15-17-8-5-4-6-9-17/h4-6,8-9,14,16H,3,7,10-13,15H2,1-2H3,(H,22,23). The summed E-state index contributed by atoms with van der Waals surface area (Å²) in [7, 11) is 0. The average molecular weight is 384 g/mol. The molecule has 0 radical (unpaired) electrons. The molecule has 1 N–H and O–H groups in total. The quantitative estimate of drug-likeness (QED) is 0.741. The van der Waals surface area contributed by atoms with E-state index in [1.54, 1.807) is 17.9 Å². The molecule has 0 saturated carbocycles. The second kappa shape index (κ2) is 9.50. The first-order chi connectivity index (χ1) is 13.6. The van der Waals surface area contributed by atoms with Crippen LogP contribution in [0.3, 0.4) is 0 Å². The summed E-state index contributed by atoms with van der Waals surface area (Å²) in [6, 6.07) is 12.0. The van der Waals surface area contributed by atoms with Crippen LogP contribution < -0.4 is 0 Å². The third kappa shape index (κ3) is 5.19. The number of nitrogens with one attached hydrogen (secondary N) is 1. The minimum absolute atomic E-state index is 0.156. The van der Waals surface area contributed by atoms with E-state index in [1.807, 2.05) is 18.2 Å². The van der Waals surface area contributed by atoms with Crippen molar-refractivity contribution < 1.29 is 14.3 Å². The Morgan fingerprint density at radius 2 is 1.89 bits per heavy atom. The van der Waals surface area contributed by atoms with E-state index in [4.69, 9.17) is 4.74 Å². The van der Waals surface area contributed by atoms with Crippen LogP contribution in [0.1, 0.15) is 42.0 Å². The number of amides is 1. The average Bonchev–Trinajstić information content (AvgIpc) is 3.18. The Balaban J connectivity index is 1.46. The third-order valence-electron chi connectivity index (χ3n) is 4.92. The lowest BCUT2D eigenvalue weighted by atomic mass is 10.2. The molecule has 1 aliphatic rings. The van der Waals surface area contributed by atoms with Crippen molar-refractivity contribution in [2.45, 2.75) is 39.3 Å². The molecule has 3 rings (SSSR count). The first-order valence-electron chi connectivity index (χ1n) is 9.87. The second-order valence-electron chi connectivity index (χ2n) is 7.16. The van der Waals surface area contributed by atoms with Crippen LogP contribution in [0.25, 0.3) is 0 Å². The molecule has 1 aliphatic heterocycles. The summed E-state index contributed by atoms with van der Waals surface area (Å²) < 4.78 is 5.34.